The van der Waals surface area contributed by atoms with Crippen molar-refractivity contribution in [3.05, 3.63) is 71.8 Å². The van der Waals surface area contributed by atoms with Gasteiger partial charge in [-0.1, -0.05) is 60.7 Å². The van der Waals surface area contributed by atoms with Crippen molar-refractivity contribution in [2.24, 2.45) is 0 Å². The van der Waals surface area contributed by atoms with E-state index in [9.17, 15) is 15.3 Å². The maximum absolute atomic E-state index is 10.6. The molecule has 19 heavy (non-hydrogen) atoms. The summed E-state index contributed by atoms with van der Waals surface area (Å²) < 4.78 is 0. The predicted molar refractivity (Wildman–Crippen MR) is 73.4 cm³/mol. The number of benzene rings is 2. The minimum Gasteiger partial charge on any atom is -0.395 e. The molecule has 0 aliphatic rings. The first-order chi connectivity index (χ1) is 9.02. The highest BCUT2D eigenvalue weighted by atomic mass is 16.5. The first kappa shape index (κ1) is 13.7. The number of hydrogen-bond acceptors (Lipinski definition) is 3. The second-order valence-electron chi connectivity index (χ2n) is 4.89. The Morgan fingerprint density at radius 3 is 1.63 bits per heavy atom. The van der Waals surface area contributed by atoms with Crippen molar-refractivity contribution in [1.29, 1.82) is 0 Å². The monoisotopic (exact) mass is 258 g/mol. The molecule has 0 aliphatic heterocycles. The lowest BCUT2D eigenvalue weighted by molar-refractivity contribution is -0.228. The standard InChI is InChI=1S/C16H18O3/c1-15(12-17,13-8-4-2-5-9-13)16(18,19)14-10-6-3-7-11-14/h2-11,17-19H,12H2,1H3. The van der Waals surface area contributed by atoms with Gasteiger partial charge in [-0.2, -0.15) is 0 Å². The van der Waals surface area contributed by atoms with Gasteiger partial charge in [0, 0.05) is 5.56 Å². The van der Waals surface area contributed by atoms with Gasteiger partial charge in [0.25, 0.3) is 0 Å². The molecule has 3 heteroatoms. The summed E-state index contributed by atoms with van der Waals surface area (Å²) in [6.07, 6.45) is 0. The fourth-order valence-corrected chi connectivity index (χ4v) is 2.20. The fourth-order valence-electron chi connectivity index (χ4n) is 2.20. The summed E-state index contributed by atoms with van der Waals surface area (Å²) in [6.45, 7) is 1.26. The lowest BCUT2D eigenvalue weighted by atomic mass is 9.73. The molecule has 0 saturated heterocycles. The van der Waals surface area contributed by atoms with Gasteiger partial charge >= 0.3 is 0 Å². The first-order valence-corrected chi connectivity index (χ1v) is 6.19. The molecule has 0 aliphatic carbocycles. The van der Waals surface area contributed by atoms with Crippen LogP contribution in [0.2, 0.25) is 0 Å². The van der Waals surface area contributed by atoms with E-state index in [-0.39, 0.29) is 6.61 Å². The van der Waals surface area contributed by atoms with E-state index in [0.717, 1.165) is 0 Å². The molecule has 2 aromatic rings. The molecule has 0 bridgehead atoms. The smallest absolute Gasteiger partial charge is 0.201 e. The average Bonchev–Trinajstić information content (AvgIpc) is 2.48. The highest BCUT2D eigenvalue weighted by Gasteiger charge is 2.47. The zero-order valence-corrected chi connectivity index (χ0v) is 10.8. The molecule has 1 atom stereocenters. The van der Waals surface area contributed by atoms with Crippen LogP contribution in [0.3, 0.4) is 0 Å². The van der Waals surface area contributed by atoms with Crippen LogP contribution < -0.4 is 0 Å². The van der Waals surface area contributed by atoms with Gasteiger partial charge in [-0.25, -0.2) is 0 Å². The third kappa shape index (κ3) is 2.28. The van der Waals surface area contributed by atoms with Gasteiger partial charge in [-0.15, -0.1) is 0 Å². The van der Waals surface area contributed by atoms with Crippen LogP contribution in [0.15, 0.2) is 60.7 Å². The molecule has 0 fully saturated rings. The van der Waals surface area contributed by atoms with Gasteiger partial charge in [0.15, 0.2) is 0 Å². The van der Waals surface area contributed by atoms with Crippen LogP contribution >= 0.6 is 0 Å². The van der Waals surface area contributed by atoms with Crippen molar-refractivity contribution in [3.63, 3.8) is 0 Å². The Morgan fingerprint density at radius 2 is 1.21 bits per heavy atom. The topological polar surface area (TPSA) is 60.7 Å². The Morgan fingerprint density at radius 1 is 0.789 bits per heavy atom. The molecule has 0 spiro atoms. The molecule has 2 aromatic carbocycles. The van der Waals surface area contributed by atoms with Crippen LogP contribution in [0.25, 0.3) is 0 Å². The van der Waals surface area contributed by atoms with Gasteiger partial charge in [0.1, 0.15) is 0 Å². The van der Waals surface area contributed by atoms with Crippen molar-refractivity contribution in [2.45, 2.75) is 18.1 Å². The second kappa shape index (κ2) is 5.13. The number of aliphatic hydroxyl groups is 3. The van der Waals surface area contributed by atoms with Gasteiger partial charge in [0.2, 0.25) is 5.79 Å². The quantitative estimate of drug-likeness (QED) is 0.733. The van der Waals surface area contributed by atoms with Gasteiger partial charge in [-0.05, 0) is 12.5 Å². The van der Waals surface area contributed by atoms with Crippen LogP contribution in [0.5, 0.6) is 0 Å². The van der Waals surface area contributed by atoms with E-state index in [0.29, 0.717) is 11.1 Å². The summed E-state index contributed by atoms with van der Waals surface area (Å²) in [5, 5.41) is 30.8. The summed E-state index contributed by atoms with van der Waals surface area (Å²) in [4.78, 5) is 0. The molecule has 0 saturated carbocycles. The van der Waals surface area contributed by atoms with E-state index in [1.807, 2.05) is 18.2 Å². The Hall–Kier alpha value is -1.68. The minimum absolute atomic E-state index is 0.357. The summed E-state index contributed by atoms with van der Waals surface area (Å²) in [6, 6.07) is 17.6. The molecule has 0 heterocycles. The first-order valence-electron chi connectivity index (χ1n) is 6.19. The zero-order chi connectivity index (χ0) is 13.9. The van der Waals surface area contributed by atoms with Crippen LogP contribution in [-0.4, -0.2) is 21.9 Å². The Labute approximate surface area is 112 Å². The molecule has 3 nitrogen and oxygen atoms in total. The van der Waals surface area contributed by atoms with Crippen molar-refractivity contribution >= 4 is 0 Å². The van der Waals surface area contributed by atoms with E-state index in [1.165, 1.54) is 0 Å². The molecular weight excluding hydrogens is 240 g/mol. The molecule has 100 valence electrons. The molecule has 2 rings (SSSR count). The van der Waals surface area contributed by atoms with Crippen LogP contribution in [0.1, 0.15) is 18.1 Å². The van der Waals surface area contributed by atoms with E-state index in [4.69, 9.17) is 0 Å². The van der Waals surface area contributed by atoms with Crippen molar-refractivity contribution in [2.75, 3.05) is 6.61 Å². The molecular formula is C16H18O3. The highest BCUT2D eigenvalue weighted by molar-refractivity contribution is 5.33. The van der Waals surface area contributed by atoms with Gasteiger partial charge in [-0.3, -0.25) is 0 Å². The van der Waals surface area contributed by atoms with Gasteiger partial charge < -0.3 is 15.3 Å². The summed E-state index contributed by atoms with van der Waals surface area (Å²) in [5.41, 5.74) is -0.169. The predicted octanol–water partition coefficient (Wildman–Crippen LogP) is 1.77. The SMILES string of the molecule is CC(CO)(c1ccccc1)C(O)(O)c1ccccc1. The van der Waals surface area contributed by atoms with E-state index in [2.05, 4.69) is 0 Å². The van der Waals surface area contributed by atoms with Crippen molar-refractivity contribution in [3.8, 4) is 0 Å². The van der Waals surface area contributed by atoms with Gasteiger partial charge in [0.05, 0.1) is 12.0 Å². The van der Waals surface area contributed by atoms with Crippen molar-refractivity contribution in [1.82, 2.24) is 0 Å². The fraction of sp³-hybridized carbons (Fsp3) is 0.250. The summed E-state index contributed by atoms with van der Waals surface area (Å²) >= 11 is 0. The normalized spacial score (nSPS) is 14.9. The Bertz CT molecular complexity index is 522. The summed E-state index contributed by atoms with van der Waals surface area (Å²) in [5.74, 6) is -2.15. The third-order valence-electron chi connectivity index (χ3n) is 3.67. The van der Waals surface area contributed by atoms with Crippen LogP contribution in [0, 0.1) is 0 Å². The van der Waals surface area contributed by atoms with Crippen LogP contribution in [0.4, 0.5) is 0 Å². The third-order valence-corrected chi connectivity index (χ3v) is 3.67. The summed E-state index contributed by atoms with van der Waals surface area (Å²) in [7, 11) is 0. The largest absolute Gasteiger partial charge is 0.395 e. The highest BCUT2D eigenvalue weighted by Crippen LogP contribution is 2.40. The van der Waals surface area contributed by atoms with E-state index in [1.54, 1.807) is 49.4 Å². The lowest BCUT2D eigenvalue weighted by Crippen LogP contribution is -2.49. The lowest BCUT2D eigenvalue weighted by Gasteiger charge is -2.40. The molecule has 0 amide bonds. The average molecular weight is 258 g/mol. The Balaban J connectivity index is 2.52. The molecule has 0 radical (unpaired) electrons. The maximum Gasteiger partial charge on any atom is 0.201 e. The van der Waals surface area contributed by atoms with E-state index >= 15 is 0 Å². The second-order valence-corrected chi connectivity index (χ2v) is 4.89. The molecule has 1 unspecified atom stereocenters. The number of hydrogen-bond donors (Lipinski definition) is 3. The Kier molecular flexibility index (Phi) is 3.71. The molecule has 3 N–H and O–H groups in total. The zero-order valence-electron chi connectivity index (χ0n) is 10.8. The van der Waals surface area contributed by atoms with E-state index < -0.39 is 11.2 Å². The number of aliphatic hydroxyl groups excluding tert-OH is 1. The van der Waals surface area contributed by atoms with Crippen LogP contribution in [-0.2, 0) is 11.2 Å². The van der Waals surface area contributed by atoms with Crippen molar-refractivity contribution < 1.29 is 15.3 Å². The minimum atomic E-state index is -2.15. The molecule has 0 aromatic heterocycles. The number of rotatable bonds is 4. The maximum atomic E-state index is 10.6.